The number of nitrogen functional groups attached to an aromatic ring is 1. The van der Waals surface area contributed by atoms with Crippen molar-refractivity contribution in [2.45, 2.75) is 12.8 Å². The fourth-order valence-electron chi connectivity index (χ4n) is 1.79. The van der Waals surface area contributed by atoms with Gasteiger partial charge < -0.3 is 10.6 Å². The second-order valence-electron chi connectivity index (χ2n) is 4.33. The number of anilines is 2. The molecule has 0 spiro atoms. The van der Waals surface area contributed by atoms with Gasteiger partial charge in [-0.2, -0.15) is 0 Å². The first-order valence-electron chi connectivity index (χ1n) is 6.08. The number of hydrogen-bond donors (Lipinski definition) is 1. The molecule has 0 saturated carbocycles. The SMILES string of the molecule is CN(CCCc1ccccc1)c1ncc(N)cn1. The minimum atomic E-state index is 0.594. The molecule has 4 nitrogen and oxygen atoms in total. The molecule has 1 aromatic heterocycles. The van der Waals surface area contributed by atoms with Crippen LogP contribution in [0.3, 0.4) is 0 Å². The average molecular weight is 242 g/mol. The van der Waals surface area contributed by atoms with Crippen molar-refractivity contribution in [3.8, 4) is 0 Å². The highest BCUT2D eigenvalue weighted by atomic mass is 15.2. The molecule has 0 saturated heterocycles. The van der Waals surface area contributed by atoms with E-state index in [0.29, 0.717) is 5.69 Å². The number of rotatable bonds is 5. The molecule has 0 radical (unpaired) electrons. The molecule has 0 aliphatic carbocycles. The van der Waals surface area contributed by atoms with Crippen LogP contribution in [0.15, 0.2) is 42.7 Å². The Bertz CT molecular complexity index is 467. The predicted molar refractivity (Wildman–Crippen MR) is 74.5 cm³/mol. The number of hydrogen-bond acceptors (Lipinski definition) is 4. The van der Waals surface area contributed by atoms with Gasteiger partial charge in [-0.1, -0.05) is 30.3 Å². The third-order valence-corrected chi connectivity index (χ3v) is 2.80. The lowest BCUT2D eigenvalue weighted by atomic mass is 10.1. The number of nitrogens with two attached hydrogens (primary N) is 1. The van der Waals surface area contributed by atoms with Gasteiger partial charge in [-0.25, -0.2) is 9.97 Å². The second kappa shape index (κ2) is 6.00. The monoisotopic (exact) mass is 242 g/mol. The van der Waals surface area contributed by atoms with E-state index in [1.165, 1.54) is 5.56 Å². The van der Waals surface area contributed by atoms with Crippen molar-refractivity contribution >= 4 is 11.6 Å². The van der Waals surface area contributed by atoms with Crippen molar-refractivity contribution in [2.75, 3.05) is 24.2 Å². The van der Waals surface area contributed by atoms with Crippen LogP contribution in [0.4, 0.5) is 11.6 Å². The van der Waals surface area contributed by atoms with Crippen LogP contribution in [0.25, 0.3) is 0 Å². The summed E-state index contributed by atoms with van der Waals surface area (Å²) in [7, 11) is 2.00. The lowest BCUT2D eigenvalue weighted by Gasteiger charge is -2.16. The van der Waals surface area contributed by atoms with E-state index in [2.05, 4.69) is 34.2 Å². The summed E-state index contributed by atoms with van der Waals surface area (Å²) in [6.45, 7) is 0.929. The first-order chi connectivity index (χ1) is 8.75. The predicted octanol–water partition coefficient (Wildman–Crippen LogP) is 2.13. The van der Waals surface area contributed by atoms with E-state index < -0.39 is 0 Å². The Labute approximate surface area is 107 Å². The molecule has 0 atom stereocenters. The van der Waals surface area contributed by atoms with Gasteiger partial charge in [-0.15, -0.1) is 0 Å². The molecule has 0 fully saturated rings. The highest BCUT2D eigenvalue weighted by Gasteiger charge is 2.03. The summed E-state index contributed by atoms with van der Waals surface area (Å²) in [5, 5.41) is 0. The molecule has 0 unspecified atom stereocenters. The molecule has 0 aliphatic heterocycles. The third kappa shape index (κ3) is 3.45. The first kappa shape index (κ1) is 12.4. The van der Waals surface area contributed by atoms with Gasteiger partial charge in [0.2, 0.25) is 5.95 Å². The number of benzene rings is 1. The molecule has 2 rings (SSSR count). The van der Waals surface area contributed by atoms with Crippen molar-refractivity contribution in [2.24, 2.45) is 0 Å². The Kier molecular flexibility index (Phi) is 4.12. The maximum absolute atomic E-state index is 5.56. The molecular weight excluding hydrogens is 224 g/mol. The van der Waals surface area contributed by atoms with Crippen LogP contribution in [-0.2, 0) is 6.42 Å². The van der Waals surface area contributed by atoms with Crippen LogP contribution < -0.4 is 10.6 Å². The van der Waals surface area contributed by atoms with E-state index in [0.717, 1.165) is 25.3 Å². The lowest BCUT2D eigenvalue weighted by Crippen LogP contribution is -2.21. The molecule has 2 aromatic rings. The molecule has 1 heterocycles. The minimum Gasteiger partial charge on any atom is -0.396 e. The summed E-state index contributed by atoms with van der Waals surface area (Å²) in [5.41, 5.74) is 7.52. The van der Waals surface area contributed by atoms with Crippen LogP contribution in [-0.4, -0.2) is 23.6 Å². The number of nitrogens with zero attached hydrogens (tertiary/aromatic N) is 3. The Balaban J connectivity index is 1.81. The fourth-order valence-corrected chi connectivity index (χ4v) is 1.79. The molecule has 4 heteroatoms. The molecule has 0 amide bonds. The summed E-state index contributed by atoms with van der Waals surface area (Å²) in [4.78, 5) is 10.4. The van der Waals surface area contributed by atoms with E-state index in [-0.39, 0.29) is 0 Å². The highest BCUT2D eigenvalue weighted by Crippen LogP contribution is 2.08. The summed E-state index contributed by atoms with van der Waals surface area (Å²) >= 11 is 0. The maximum atomic E-state index is 5.56. The van der Waals surface area contributed by atoms with Gasteiger partial charge in [0.25, 0.3) is 0 Å². The maximum Gasteiger partial charge on any atom is 0.225 e. The summed E-state index contributed by atoms with van der Waals surface area (Å²) in [5.74, 6) is 0.720. The smallest absolute Gasteiger partial charge is 0.225 e. The Morgan fingerprint density at radius 1 is 1.11 bits per heavy atom. The molecule has 2 N–H and O–H groups in total. The summed E-state index contributed by atoms with van der Waals surface area (Å²) < 4.78 is 0. The van der Waals surface area contributed by atoms with Gasteiger partial charge >= 0.3 is 0 Å². The summed E-state index contributed by atoms with van der Waals surface area (Å²) in [6, 6.07) is 10.5. The fraction of sp³-hybridized carbons (Fsp3) is 0.286. The van der Waals surface area contributed by atoms with Crippen LogP contribution >= 0.6 is 0 Å². The van der Waals surface area contributed by atoms with E-state index in [1.54, 1.807) is 12.4 Å². The zero-order valence-corrected chi connectivity index (χ0v) is 10.6. The average Bonchev–Trinajstić information content (AvgIpc) is 2.40. The largest absolute Gasteiger partial charge is 0.396 e. The van der Waals surface area contributed by atoms with E-state index >= 15 is 0 Å². The molecule has 0 bridgehead atoms. The Hall–Kier alpha value is -2.10. The van der Waals surface area contributed by atoms with E-state index in [1.807, 2.05) is 18.0 Å². The molecular formula is C14H18N4. The van der Waals surface area contributed by atoms with Crippen molar-refractivity contribution in [1.29, 1.82) is 0 Å². The van der Waals surface area contributed by atoms with Crippen molar-refractivity contribution < 1.29 is 0 Å². The zero-order chi connectivity index (χ0) is 12.8. The third-order valence-electron chi connectivity index (χ3n) is 2.80. The zero-order valence-electron chi connectivity index (χ0n) is 10.6. The van der Waals surface area contributed by atoms with Crippen molar-refractivity contribution in [3.05, 3.63) is 48.3 Å². The van der Waals surface area contributed by atoms with Gasteiger partial charge in [-0.3, -0.25) is 0 Å². The van der Waals surface area contributed by atoms with Gasteiger partial charge in [-0.05, 0) is 18.4 Å². The van der Waals surface area contributed by atoms with Gasteiger partial charge in [0.1, 0.15) is 0 Å². The van der Waals surface area contributed by atoms with Gasteiger partial charge in [0.05, 0.1) is 18.1 Å². The highest BCUT2D eigenvalue weighted by molar-refractivity contribution is 5.37. The molecule has 1 aromatic carbocycles. The number of aromatic nitrogens is 2. The van der Waals surface area contributed by atoms with Crippen LogP contribution in [0.2, 0.25) is 0 Å². The normalized spacial score (nSPS) is 10.3. The molecule has 0 aliphatic rings. The standard InChI is InChI=1S/C14H18N4/c1-18(14-16-10-13(15)11-17-14)9-5-8-12-6-3-2-4-7-12/h2-4,6-7,10-11H,5,8-9,15H2,1H3. The first-order valence-corrected chi connectivity index (χ1v) is 6.08. The van der Waals surface area contributed by atoms with Crippen LogP contribution in [0.5, 0.6) is 0 Å². The second-order valence-corrected chi connectivity index (χ2v) is 4.33. The van der Waals surface area contributed by atoms with E-state index in [4.69, 9.17) is 5.73 Å². The summed E-state index contributed by atoms with van der Waals surface area (Å²) in [6.07, 6.45) is 5.42. The molecule has 18 heavy (non-hydrogen) atoms. The topological polar surface area (TPSA) is 55.0 Å². The quantitative estimate of drug-likeness (QED) is 0.872. The number of aryl methyl sites for hydroxylation is 1. The van der Waals surface area contributed by atoms with Crippen LogP contribution in [0.1, 0.15) is 12.0 Å². The lowest BCUT2D eigenvalue weighted by molar-refractivity contribution is 0.766. The van der Waals surface area contributed by atoms with Gasteiger partial charge in [0.15, 0.2) is 0 Å². The van der Waals surface area contributed by atoms with Gasteiger partial charge in [0, 0.05) is 13.6 Å². The molecule has 94 valence electrons. The Morgan fingerprint density at radius 2 is 1.78 bits per heavy atom. The minimum absolute atomic E-state index is 0.594. The van der Waals surface area contributed by atoms with E-state index in [9.17, 15) is 0 Å². The van der Waals surface area contributed by atoms with Crippen molar-refractivity contribution in [1.82, 2.24) is 9.97 Å². The van der Waals surface area contributed by atoms with Crippen molar-refractivity contribution in [3.63, 3.8) is 0 Å². The Morgan fingerprint density at radius 3 is 2.44 bits per heavy atom. The van der Waals surface area contributed by atoms with Crippen LogP contribution in [0, 0.1) is 0 Å².